The highest BCUT2D eigenvalue weighted by Crippen LogP contribution is 2.29. The van der Waals surface area contributed by atoms with Crippen molar-refractivity contribution in [1.82, 2.24) is 9.97 Å². The molecular weight excluding hydrogens is 296 g/mol. The lowest BCUT2D eigenvalue weighted by Crippen LogP contribution is -2.11. The summed E-state index contributed by atoms with van der Waals surface area (Å²) in [6, 6.07) is 5.31. The Kier molecular flexibility index (Phi) is 3.84. The number of hydrogen-bond donors (Lipinski definition) is 3. The number of nitrogens with two attached hydrogens (primary N) is 2. The number of aromatic nitrogens is 2. The number of aromatic amines is 1. The zero-order valence-electron chi connectivity index (χ0n) is 11.6. The quantitative estimate of drug-likeness (QED) is 0.812. The van der Waals surface area contributed by atoms with Crippen LogP contribution in [-0.2, 0) is 0 Å². The van der Waals surface area contributed by atoms with Crippen LogP contribution in [0.25, 0.3) is 16.8 Å². The molecule has 22 heavy (non-hydrogen) atoms. The average Bonchev–Trinajstić information content (AvgIpc) is 2.77. The second-order valence-corrected chi connectivity index (χ2v) is 5.51. The third-order valence-corrected chi connectivity index (χ3v) is 3.83. The Hall–Kier alpha value is -2.73. The van der Waals surface area contributed by atoms with Gasteiger partial charge >= 0.3 is 0 Å². The summed E-state index contributed by atoms with van der Waals surface area (Å²) in [4.78, 5) is 19.0. The lowest BCUT2D eigenvalue weighted by Gasteiger charge is -2.02. The number of amides is 1. The first-order chi connectivity index (χ1) is 10.6. The Morgan fingerprint density at radius 2 is 2.14 bits per heavy atom. The molecule has 5 N–H and O–H groups in total. The SMILES string of the molecule is NC(=O)c1cc(-c2ccnc(N)c2)[nH]c1C1=CC=CSC=C1. The first kappa shape index (κ1) is 14.2. The molecule has 1 amide bonds. The minimum absolute atomic E-state index is 0.419. The lowest BCUT2D eigenvalue weighted by molar-refractivity contribution is 0.1000. The van der Waals surface area contributed by atoms with Crippen LogP contribution in [0.3, 0.4) is 0 Å². The topological polar surface area (TPSA) is 97.8 Å². The van der Waals surface area contributed by atoms with E-state index in [1.54, 1.807) is 30.1 Å². The van der Waals surface area contributed by atoms with Gasteiger partial charge < -0.3 is 16.5 Å². The maximum Gasteiger partial charge on any atom is 0.250 e. The molecule has 2 aromatic heterocycles. The number of carbonyl (C=O) groups is 1. The van der Waals surface area contributed by atoms with E-state index in [4.69, 9.17) is 11.5 Å². The van der Waals surface area contributed by atoms with Gasteiger partial charge in [-0.2, -0.15) is 0 Å². The van der Waals surface area contributed by atoms with E-state index in [0.29, 0.717) is 17.1 Å². The summed E-state index contributed by atoms with van der Waals surface area (Å²) < 4.78 is 0. The van der Waals surface area contributed by atoms with Gasteiger partial charge in [0.1, 0.15) is 5.82 Å². The molecule has 1 aliphatic rings. The summed E-state index contributed by atoms with van der Waals surface area (Å²) >= 11 is 1.57. The zero-order valence-corrected chi connectivity index (χ0v) is 12.4. The summed E-state index contributed by atoms with van der Waals surface area (Å²) in [7, 11) is 0. The number of H-pyrrole nitrogens is 1. The van der Waals surface area contributed by atoms with E-state index in [2.05, 4.69) is 9.97 Å². The van der Waals surface area contributed by atoms with Crippen LogP contribution in [0, 0.1) is 0 Å². The molecule has 0 radical (unpaired) electrons. The first-order valence-corrected chi connectivity index (χ1v) is 7.53. The number of nitrogens with one attached hydrogen (secondary N) is 1. The molecule has 6 heteroatoms. The van der Waals surface area contributed by atoms with E-state index in [1.165, 1.54) is 0 Å². The van der Waals surface area contributed by atoms with Crippen molar-refractivity contribution in [3.8, 4) is 11.3 Å². The van der Waals surface area contributed by atoms with Crippen molar-refractivity contribution in [1.29, 1.82) is 0 Å². The molecule has 0 unspecified atom stereocenters. The van der Waals surface area contributed by atoms with Crippen molar-refractivity contribution < 1.29 is 4.79 Å². The smallest absolute Gasteiger partial charge is 0.250 e. The summed E-state index contributed by atoms with van der Waals surface area (Å²) in [5, 5.41) is 3.91. The molecule has 110 valence electrons. The minimum Gasteiger partial charge on any atom is -0.384 e. The number of thioether (sulfide) groups is 1. The molecule has 0 fully saturated rings. The second-order valence-electron chi connectivity index (χ2n) is 4.69. The van der Waals surface area contributed by atoms with Crippen LogP contribution in [0.4, 0.5) is 5.82 Å². The molecule has 2 aromatic rings. The molecule has 0 aliphatic carbocycles. The molecule has 3 rings (SSSR count). The minimum atomic E-state index is -0.477. The van der Waals surface area contributed by atoms with E-state index in [0.717, 1.165) is 16.8 Å². The number of pyridine rings is 1. The Balaban J connectivity index is 2.12. The van der Waals surface area contributed by atoms with Gasteiger partial charge in [-0.1, -0.05) is 12.2 Å². The van der Waals surface area contributed by atoms with Crippen molar-refractivity contribution in [3.63, 3.8) is 0 Å². The largest absolute Gasteiger partial charge is 0.384 e. The number of carbonyl (C=O) groups excluding carboxylic acids is 1. The van der Waals surface area contributed by atoms with Crippen LogP contribution in [0.2, 0.25) is 0 Å². The molecular formula is C16H14N4OS. The van der Waals surface area contributed by atoms with E-state index in [-0.39, 0.29) is 0 Å². The molecule has 1 aliphatic heterocycles. The van der Waals surface area contributed by atoms with Gasteiger partial charge in [0.25, 0.3) is 5.91 Å². The maximum absolute atomic E-state index is 11.8. The molecule has 5 nitrogen and oxygen atoms in total. The molecule has 0 bridgehead atoms. The first-order valence-electron chi connectivity index (χ1n) is 6.59. The highest BCUT2D eigenvalue weighted by Gasteiger charge is 2.16. The van der Waals surface area contributed by atoms with E-state index in [1.807, 2.05) is 35.1 Å². The van der Waals surface area contributed by atoms with Crippen molar-refractivity contribution in [2.24, 2.45) is 5.73 Å². The highest BCUT2D eigenvalue weighted by atomic mass is 32.2. The third kappa shape index (κ3) is 2.82. The van der Waals surface area contributed by atoms with Crippen molar-refractivity contribution >= 4 is 29.1 Å². The standard InChI is InChI=1S/C16H14N4OS/c17-14-8-11(3-5-19-14)13-9-12(16(18)21)15(20-13)10-2-1-6-22-7-4-10/h1-9,20H,(H2,17,19)(H2,18,21). The predicted molar refractivity (Wildman–Crippen MR) is 90.8 cm³/mol. The predicted octanol–water partition coefficient (Wildman–Crippen LogP) is 2.92. The summed E-state index contributed by atoms with van der Waals surface area (Å²) in [5.41, 5.74) is 14.9. The van der Waals surface area contributed by atoms with Gasteiger partial charge in [0.05, 0.1) is 11.3 Å². The van der Waals surface area contributed by atoms with Gasteiger partial charge in [-0.15, -0.1) is 11.8 Å². The van der Waals surface area contributed by atoms with Gasteiger partial charge in [0, 0.05) is 17.5 Å². The van der Waals surface area contributed by atoms with Crippen LogP contribution >= 0.6 is 11.8 Å². The van der Waals surface area contributed by atoms with Crippen LogP contribution < -0.4 is 11.5 Å². The molecule has 0 saturated heterocycles. The summed E-state index contributed by atoms with van der Waals surface area (Å²) in [5.74, 6) is -0.0584. The molecule has 0 atom stereocenters. The average molecular weight is 310 g/mol. The molecule has 0 aromatic carbocycles. The fraction of sp³-hybridized carbons (Fsp3) is 0. The molecule has 0 spiro atoms. The number of rotatable bonds is 3. The normalized spacial score (nSPS) is 13.7. The monoisotopic (exact) mass is 310 g/mol. The molecule has 3 heterocycles. The van der Waals surface area contributed by atoms with Crippen LogP contribution in [-0.4, -0.2) is 15.9 Å². The summed E-state index contributed by atoms with van der Waals surface area (Å²) in [6.07, 6.45) is 7.42. The fourth-order valence-electron chi connectivity index (χ4n) is 2.22. The third-order valence-electron chi connectivity index (χ3n) is 3.22. The number of primary amides is 1. The number of nitrogen functional groups attached to an aromatic ring is 1. The molecule has 0 saturated carbocycles. The van der Waals surface area contributed by atoms with E-state index in [9.17, 15) is 4.79 Å². The van der Waals surface area contributed by atoms with Crippen molar-refractivity contribution in [2.75, 3.05) is 5.73 Å². The van der Waals surface area contributed by atoms with Crippen molar-refractivity contribution in [3.05, 3.63) is 64.7 Å². The van der Waals surface area contributed by atoms with Gasteiger partial charge in [-0.3, -0.25) is 4.79 Å². The van der Waals surface area contributed by atoms with E-state index < -0.39 is 5.91 Å². The number of hydrogen-bond acceptors (Lipinski definition) is 4. The Morgan fingerprint density at radius 1 is 1.27 bits per heavy atom. The highest BCUT2D eigenvalue weighted by molar-refractivity contribution is 8.04. The Labute approximate surface area is 131 Å². The van der Waals surface area contributed by atoms with Gasteiger partial charge in [-0.25, -0.2) is 4.98 Å². The zero-order chi connectivity index (χ0) is 15.5. The fourth-order valence-corrected chi connectivity index (χ4v) is 2.70. The van der Waals surface area contributed by atoms with Gasteiger partial charge in [-0.05, 0) is 40.7 Å². The van der Waals surface area contributed by atoms with E-state index >= 15 is 0 Å². The second kappa shape index (κ2) is 5.95. The Bertz CT molecular complexity index is 817. The summed E-state index contributed by atoms with van der Waals surface area (Å²) in [6.45, 7) is 0. The number of nitrogens with zero attached hydrogens (tertiary/aromatic N) is 1. The maximum atomic E-state index is 11.8. The van der Waals surface area contributed by atoms with Gasteiger partial charge in [0.2, 0.25) is 0 Å². The van der Waals surface area contributed by atoms with Crippen molar-refractivity contribution in [2.45, 2.75) is 0 Å². The van der Waals surface area contributed by atoms with Gasteiger partial charge in [0.15, 0.2) is 0 Å². The Morgan fingerprint density at radius 3 is 2.91 bits per heavy atom. The number of anilines is 1. The number of allylic oxidation sites excluding steroid dienone is 4. The van der Waals surface area contributed by atoms with Crippen LogP contribution in [0.1, 0.15) is 16.1 Å². The lowest BCUT2D eigenvalue weighted by atomic mass is 10.1. The van der Waals surface area contributed by atoms with Crippen LogP contribution in [0.15, 0.2) is 53.4 Å². The van der Waals surface area contributed by atoms with Crippen LogP contribution in [0.5, 0.6) is 0 Å².